The van der Waals surface area contributed by atoms with Gasteiger partial charge in [-0.1, -0.05) is 26.2 Å². The van der Waals surface area contributed by atoms with Crippen LogP contribution in [-0.2, 0) is 11.2 Å². The normalized spacial score (nSPS) is 15.0. The van der Waals surface area contributed by atoms with Crippen LogP contribution in [0.25, 0.3) is 6.08 Å². The Balaban J connectivity index is 0.00000243. The summed E-state index contributed by atoms with van der Waals surface area (Å²) in [5, 5.41) is 0. The minimum absolute atomic E-state index is 0. The topological polar surface area (TPSA) is 53.2 Å². The van der Waals surface area contributed by atoms with Crippen LogP contribution in [0.15, 0.2) is 46.9 Å². The van der Waals surface area contributed by atoms with Crippen molar-refractivity contribution in [1.29, 1.82) is 0 Å². The minimum atomic E-state index is 0. The monoisotopic (exact) mass is 373 g/mol. The zero-order valence-corrected chi connectivity index (χ0v) is 16.6. The largest absolute Gasteiger partial charge is 0.494 e. The number of methoxy groups -OCH3 is 1. The van der Waals surface area contributed by atoms with E-state index in [9.17, 15) is 0 Å². The fourth-order valence-electron chi connectivity index (χ4n) is 3.17. The van der Waals surface area contributed by atoms with Gasteiger partial charge in [0.15, 0.2) is 0 Å². The summed E-state index contributed by atoms with van der Waals surface area (Å²) in [6, 6.07) is 6.22. The molecular weight excluding hydrogens is 346 g/mol. The van der Waals surface area contributed by atoms with Crippen LogP contribution < -0.4 is 0 Å². The third-order valence-corrected chi connectivity index (χ3v) is 4.59. The number of allylic oxidation sites excluding steroid dienone is 1. The van der Waals surface area contributed by atoms with Gasteiger partial charge < -0.3 is 14.7 Å². The van der Waals surface area contributed by atoms with E-state index >= 15 is 0 Å². The summed E-state index contributed by atoms with van der Waals surface area (Å²) in [5.41, 5.74) is 6.48. The first kappa shape index (κ1) is 20.1. The number of ether oxygens (including phenoxy) is 1. The van der Waals surface area contributed by atoms with E-state index in [1.54, 1.807) is 7.11 Å². The van der Waals surface area contributed by atoms with E-state index in [2.05, 4.69) is 36.0 Å². The Morgan fingerprint density at radius 2 is 2.08 bits per heavy atom. The lowest BCUT2D eigenvalue weighted by molar-refractivity contribution is 0.303. The molecule has 2 aromatic rings. The smallest absolute Gasteiger partial charge is 0.146 e. The lowest BCUT2D eigenvalue weighted by Crippen LogP contribution is -1.93. The van der Waals surface area contributed by atoms with Gasteiger partial charge in [0.2, 0.25) is 0 Å². The van der Waals surface area contributed by atoms with Gasteiger partial charge in [-0.2, -0.15) is 0 Å². The van der Waals surface area contributed by atoms with Gasteiger partial charge in [-0.05, 0) is 49.6 Å². The van der Waals surface area contributed by atoms with Crippen LogP contribution in [0.1, 0.15) is 55.3 Å². The molecule has 3 heterocycles. The number of aryl methyl sites for hydroxylation is 2. The summed E-state index contributed by atoms with van der Waals surface area (Å²) in [5.74, 6) is 0.793. The van der Waals surface area contributed by atoms with E-state index in [4.69, 9.17) is 9.73 Å². The Kier molecular flexibility index (Phi) is 7.34. The zero-order chi connectivity index (χ0) is 17.6. The number of H-pyrrole nitrogens is 2. The van der Waals surface area contributed by atoms with Crippen molar-refractivity contribution >= 4 is 24.2 Å². The average Bonchev–Trinajstić information content (AvgIpc) is 3.32. The molecule has 0 unspecified atom stereocenters. The summed E-state index contributed by atoms with van der Waals surface area (Å²) in [6.07, 6.45) is 12.2. The molecule has 1 aliphatic heterocycles. The predicted octanol–water partition coefficient (Wildman–Crippen LogP) is 5.57. The molecule has 0 bridgehead atoms. The van der Waals surface area contributed by atoms with Crippen molar-refractivity contribution in [3.05, 3.63) is 64.6 Å². The highest BCUT2D eigenvalue weighted by Gasteiger charge is 2.17. The number of aliphatic imine (C=N–C) groups is 1. The molecule has 0 amide bonds. The summed E-state index contributed by atoms with van der Waals surface area (Å²) in [4.78, 5) is 11.4. The molecule has 0 fully saturated rings. The molecule has 2 N–H and O–H groups in total. The second kappa shape index (κ2) is 9.48. The molecule has 5 heteroatoms. The van der Waals surface area contributed by atoms with Crippen molar-refractivity contribution in [3.63, 3.8) is 0 Å². The number of aromatic amines is 2. The first-order valence-corrected chi connectivity index (χ1v) is 9.10. The first-order chi connectivity index (χ1) is 12.2. The molecule has 4 nitrogen and oxygen atoms in total. The van der Waals surface area contributed by atoms with Gasteiger partial charge in [-0.3, -0.25) is 0 Å². The van der Waals surface area contributed by atoms with E-state index in [1.165, 1.54) is 36.9 Å². The molecule has 0 atom stereocenters. The lowest BCUT2D eigenvalue weighted by Gasteiger charge is -2.00. The first-order valence-electron chi connectivity index (χ1n) is 9.10. The summed E-state index contributed by atoms with van der Waals surface area (Å²) < 4.78 is 5.50. The van der Waals surface area contributed by atoms with Crippen molar-refractivity contribution < 1.29 is 4.74 Å². The quantitative estimate of drug-likeness (QED) is 0.584. The second-order valence-corrected chi connectivity index (χ2v) is 6.51. The Morgan fingerprint density at radius 1 is 1.23 bits per heavy atom. The van der Waals surface area contributed by atoms with Crippen LogP contribution in [0, 0.1) is 6.92 Å². The number of halogens is 1. The number of rotatable bonds is 8. The Labute approximate surface area is 161 Å². The summed E-state index contributed by atoms with van der Waals surface area (Å²) in [7, 11) is 1.69. The molecule has 1 aliphatic rings. The Hall–Kier alpha value is -2.20. The third kappa shape index (κ3) is 4.70. The van der Waals surface area contributed by atoms with E-state index in [-0.39, 0.29) is 12.4 Å². The van der Waals surface area contributed by atoms with Crippen molar-refractivity contribution in [2.24, 2.45) is 4.99 Å². The SMILES string of the molecule is CCCCCCc1cc(/C=C2\N=C(c3ccc[nH]3)C=C2OC)[nH]c1C.Cl. The molecule has 26 heavy (non-hydrogen) atoms. The highest BCUT2D eigenvalue weighted by Crippen LogP contribution is 2.25. The molecule has 0 spiro atoms. The molecule has 0 aromatic carbocycles. The number of hydrogen-bond acceptors (Lipinski definition) is 2. The van der Waals surface area contributed by atoms with E-state index < -0.39 is 0 Å². The van der Waals surface area contributed by atoms with Gasteiger partial charge in [0, 0.05) is 23.7 Å². The Morgan fingerprint density at radius 3 is 2.77 bits per heavy atom. The number of hydrogen-bond donors (Lipinski definition) is 2. The van der Waals surface area contributed by atoms with Crippen molar-refractivity contribution in [1.82, 2.24) is 9.97 Å². The average molecular weight is 374 g/mol. The molecule has 140 valence electrons. The molecule has 0 radical (unpaired) electrons. The lowest BCUT2D eigenvalue weighted by atomic mass is 10.1. The van der Waals surface area contributed by atoms with Crippen molar-refractivity contribution in [3.8, 4) is 0 Å². The van der Waals surface area contributed by atoms with Gasteiger partial charge in [0.25, 0.3) is 0 Å². The van der Waals surface area contributed by atoms with Crippen LogP contribution in [0.4, 0.5) is 0 Å². The van der Waals surface area contributed by atoms with Crippen molar-refractivity contribution in [2.75, 3.05) is 7.11 Å². The molecule has 0 aliphatic carbocycles. The van der Waals surface area contributed by atoms with Crippen LogP contribution in [0.2, 0.25) is 0 Å². The van der Waals surface area contributed by atoms with E-state index in [0.717, 1.165) is 35.0 Å². The summed E-state index contributed by atoms with van der Waals surface area (Å²) in [6.45, 7) is 4.39. The highest BCUT2D eigenvalue weighted by atomic mass is 35.5. The predicted molar refractivity (Wildman–Crippen MR) is 111 cm³/mol. The number of aromatic nitrogens is 2. The minimum Gasteiger partial charge on any atom is -0.494 e. The third-order valence-electron chi connectivity index (χ3n) is 4.59. The molecule has 0 saturated carbocycles. The van der Waals surface area contributed by atoms with Gasteiger partial charge >= 0.3 is 0 Å². The van der Waals surface area contributed by atoms with Crippen LogP contribution in [0.5, 0.6) is 0 Å². The zero-order valence-electron chi connectivity index (χ0n) is 15.8. The maximum atomic E-state index is 5.50. The standard InChI is InChI=1S/C21H27N3O.ClH/c1-4-5-6-7-9-16-12-17(23-15(16)2)13-20-21(25-3)14-19(24-20)18-10-8-11-22-18;/h8,10-14,22-23H,4-7,9H2,1-3H3;1H/b20-13-;. The van der Waals surface area contributed by atoms with E-state index in [0.29, 0.717) is 0 Å². The fourth-order valence-corrected chi connectivity index (χ4v) is 3.17. The highest BCUT2D eigenvalue weighted by molar-refractivity contribution is 6.11. The van der Waals surface area contributed by atoms with Crippen LogP contribution in [-0.4, -0.2) is 22.8 Å². The number of nitrogens with zero attached hydrogens (tertiary/aromatic N) is 1. The fraction of sp³-hybridized carbons (Fsp3) is 0.381. The number of nitrogens with one attached hydrogen (secondary N) is 2. The van der Waals surface area contributed by atoms with Gasteiger partial charge in [-0.15, -0.1) is 12.4 Å². The number of unbranched alkanes of at least 4 members (excludes halogenated alkanes) is 3. The molecule has 3 rings (SSSR count). The maximum absolute atomic E-state index is 5.50. The van der Waals surface area contributed by atoms with Gasteiger partial charge in [-0.25, -0.2) is 4.99 Å². The maximum Gasteiger partial charge on any atom is 0.146 e. The van der Waals surface area contributed by atoms with Crippen LogP contribution in [0.3, 0.4) is 0 Å². The Bertz CT molecular complexity index is 797. The van der Waals surface area contributed by atoms with E-state index in [1.807, 2.05) is 24.4 Å². The van der Waals surface area contributed by atoms with Gasteiger partial charge in [0.05, 0.1) is 18.5 Å². The molecule has 2 aromatic heterocycles. The van der Waals surface area contributed by atoms with Crippen LogP contribution >= 0.6 is 12.4 Å². The molecule has 0 saturated heterocycles. The van der Waals surface area contributed by atoms with Gasteiger partial charge in [0.1, 0.15) is 11.5 Å². The second-order valence-electron chi connectivity index (χ2n) is 6.51. The molecular formula is C21H28ClN3O. The van der Waals surface area contributed by atoms with Crippen molar-refractivity contribution in [2.45, 2.75) is 46.0 Å². The summed E-state index contributed by atoms with van der Waals surface area (Å²) >= 11 is 0.